The number of rotatable bonds is 2. The van der Waals surface area contributed by atoms with Crippen LogP contribution in [0.1, 0.15) is 13.8 Å². The number of benzene rings is 2. The summed E-state index contributed by atoms with van der Waals surface area (Å²) in [6.45, 7) is 4.09. The van der Waals surface area contributed by atoms with Gasteiger partial charge in [-0.25, -0.2) is 9.97 Å². The quantitative estimate of drug-likeness (QED) is 0.256. The summed E-state index contributed by atoms with van der Waals surface area (Å²) in [5.41, 5.74) is 5.81. The molecule has 3 aromatic heterocycles. The smallest absolute Gasteiger partial charge is 0.170 e. The number of nitrogens with zero attached hydrogens (tertiary/aromatic N) is 4. The first-order valence-electron chi connectivity index (χ1n) is 9.40. The molecule has 0 unspecified atom stereocenters. The van der Waals surface area contributed by atoms with Crippen LogP contribution in [0.2, 0.25) is 0 Å². The Morgan fingerprint density at radius 2 is 1.45 bits per heavy atom. The highest BCUT2D eigenvalue weighted by molar-refractivity contribution is 7.80. The maximum Gasteiger partial charge on any atom is 0.170 e. The third-order valence-electron chi connectivity index (χ3n) is 4.69. The van der Waals surface area contributed by atoms with Crippen molar-refractivity contribution in [2.24, 2.45) is 0 Å². The Bertz CT molecular complexity index is 1410. The normalized spacial score (nSPS) is 11.6. The van der Waals surface area contributed by atoms with Crippen LogP contribution in [-0.2, 0) is 0 Å². The number of hydrogen-bond acceptors (Lipinski definition) is 5. The largest absolute Gasteiger partial charge is 0.360 e. The summed E-state index contributed by atoms with van der Waals surface area (Å²) < 4.78 is 0. The van der Waals surface area contributed by atoms with E-state index < -0.39 is 0 Å². The Morgan fingerprint density at radius 3 is 2.07 bits per heavy atom. The Hall–Kier alpha value is -3.45. The summed E-state index contributed by atoms with van der Waals surface area (Å²) in [7, 11) is 0. The Kier molecular flexibility index (Phi) is 4.17. The fourth-order valence-electron chi connectivity index (χ4n) is 3.51. The highest BCUT2D eigenvalue weighted by atomic mass is 32.1. The lowest BCUT2D eigenvalue weighted by atomic mass is 10.1. The highest BCUT2D eigenvalue weighted by Crippen LogP contribution is 2.32. The molecule has 3 heterocycles. The Morgan fingerprint density at radius 1 is 0.828 bits per heavy atom. The number of fused-ring (bicyclic) bond motifs is 7. The van der Waals surface area contributed by atoms with E-state index >= 15 is 0 Å². The molecule has 0 fully saturated rings. The van der Waals surface area contributed by atoms with Crippen LogP contribution in [0.4, 0.5) is 5.69 Å². The number of pyridine rings is 2. The monoisotopic (exact) mass is 398 g/mol. The van der Waals surface area contributed by atoms with Crippen molar-refractivity contribution in [2.45, 2.75) is 19.9 Å². The number of anilines is 1. The summed E-state index contributed by atoms with van der Waals surface area (Å²) in [4.78, 5) is 19.0. The number of nitrogens with one attached hydrogen (secondary N) is 2. The maximum absolute atomic E-state index is 5.35. The SMILES string of the molecule is CC(C)NC(=S)Nc1ccc2nc3c4cccnc4c4ncccc4c3nc2c1. The summed E-state index contributed by atoms with van der Waals surface area (Å²) in [5, 5.41) is 8.87. The molecule has 2 aromatic carbocycles. The lowest BCUT2D eigenvalue weighted by Gasteiger charge is -2.13. The van der Waals surface area contributed by atoms with Gasteiger partial charge in [-0.15, -0.1) is 0 Å². The maximum atomic E-state index is 5.35. The molecule has 29 heavy (non-hydrogen) atoms. The predicted octanol–water partition coefficient (Wildman–Crippen LogP) is 4.57. The first kappa shape index (κ1) is 17.6. The van der Waals surface area contributed by atoms with E-state index in [1.54, 1.807) is 12.4 Å². The van der Waals surface area contributed by atoms with Crippen molar-refractivity contribution in [3.63, 3.8) is 0 Å². The van der Waals surface area contributed by atoms with Crippen molar-refractivity contribution in [1.82, 2.24) is 25.3 Å². The number of thiocarbonyl (C=S) groups is 1. The number of hydrogen-bond donors (Lipinski definition) is 2. The zero-order valence-electron chi connectivity index (χ0n) is 16.0. The first-order chi connectivity index (χ1) is 14.1. The van der Waals surface area contributed by atoms with Gasteiger partial charge in [-0.2, -0.15) is 0 Å². The van der Waals surface area contributed by atoms with E-state index in [4.69, 9.17) is 22.2 Å². The average Bonchev–Trinajstić information content (AvgIpc) is 2.72. The van der Waals surface area contributed by atoms with Gasteiger partial charge in [0.15, 0.2) is 5.11 Å². The van der Waals surface area contributed by atoms with Crippen LogP contribution in [0.3, 0.4) is 0 Å². The molecule has 2 N–H and O–H groups in total. The standard InChI is InChI=1S/C22H18N6S/c1-12(2)25-22(29)26-13-7-8-16-17(11-13)28-21-15-6-4-10-24-19(15)18-14(20(21)27-16)5-3-9-23-18/h3-12H,1-2H3,(H2,25,26,29). The molecule has 0 spiro atoms. The van der Waals surface area contributed by atoms with Gasteiger partial charge in [0.1, 0.15) is 0 Å². The van der Waals surface area contributed by atoms with Crippen LogP contribution in [0.15, 0.2) is 54.9 Å². The minimum Gasteiger partial charge on any atom is -0.360 e. The Labute approximate surface area is 172 Å². The molecular formula is C22H18N6S. The lowest BCUT2D eigenvalue weighted by Crippen LogP contribution is -2.33. The molecule has 0 radical (unpaired) electrons. The molecule has 0 aliphatic heterocycles. The van der Waals surface area contributed by atoms with E-state index in [1.165, 1.54) is 0 Å². The molecule has 5 rings (SSSR count). The molecular weight excluding hydrogens is 380 g/mol. The molecule has 0 saturated heterocycles. The molecule has 0 aliphatic rings. The zero-order chi connectivity index (χ0) is 20.0. The average molecular weight is 398 g/mol. The van der Waals surface area contributed by atoms with Gasteiger partial charge < -0.3 is 10.6 Å². The highest BCUT2D eigenvalue weighted by Gasteiger charge is 2.13. The molecule has 142 valence electrons. The van der Waals surface area contributed by atoms with Crippen molar-refractivity contribution in [2.75, 3.05) is 5.32 Å². The topological polar surface area (TPSA) is 75.6 Å². The first-order valence-corrected chi connectivity index (χ1v) is 9.81. The number of aromatic nitrogens is 4. The molecule has 7 heteroatoms. The van der Waals surface area contributed by atoms with E-state index in [2.05, 4.69) is 20.6 Å². The third kappa shape index (κ3) is 3.09. The van der Waals surface area contributed by atoms with Gasteiger partial charge in [0, 0.05) is 34.9 Å². The van der Waals surface area contributed by atoms with Gasteiger partial charge in [0.05, 0.1) is 33.1 Å². The summed E-state index contributed by atoms with van der Waals surface area (Å²) in [5.74, 6) is 0. The molecule has 0 amide bonds. The summed E-state index contributed by atoms with van der Waals surface area (Å²) in [6.07, 6.45) is 3.56. The van der Waals surface area contributed by atoms with Gasteiger partial charge in [-0.1, -0.05) is 0 Å². The molecule has 0 bridgehead atoms. The summed E-state index contributed by atoms with van der Waals surface area (Å²) in [6, 6.07) is 14.0. The summed E-state index contributed by atoms with van der Waals surface area (Å²) >= 11 is 5.35. The van der Waals surface area contributed by atoms with Crippen molar-refractivity contribution in [1.29, 1.82) is 0 Å². The molecule has 0 saturated carbocycles. The van der Waals surface area contributed by atoms with Crippen LogP contribution in [0, 0.1) is 0 Å². The van der Waals surface area contributed by atoms with Crippen LogP contribution >= 0.6 is 12.2 Å². The van der Waals surface area contributed by atoms with E-state index in [1.807, 2.05) is 56.3 Å². The molecule has 0 atom stereocenters. The lowest BCUT2D eigenvalue weighted by molar-refractivity contribution is 0.739. The van der Waals surface area contributed by atoms with Crippen molar-refractivity contribution in [3.8, 4) is 0 Å². The van der Waals surface area contributed by atoms with Crippen molar-refractivity contribution >= 4 is 66.9 Å². The third-order valence-corrected chi connectivity index (χ3v) is 4.91. The molecule has 5 aromatic rings. The van der Waals surface area contributed by atoms with Gasteiger partial charge in [0.2, 0.25) is 0 Å². The molecule has 0 aliphatic carbocycles. The zero-order valence-corrected chi connectivity index (χ0v) is 16.8. The van der Waals surface area contributed by atoms with Crippen LogP contribution in [0.25, 0.3) is 43.9 Å². The van der Waals surface area contributed by atoms with Crippen molar-refractivity contribution < 1.29 is 0 Å². The Balaban J connectivity index is 1.75. The van der Waals surface area contributed by atoms with Gasteiger partial charge >= 0.3 is 0 Å². The van der Waals surface area contributed by atoms with Crippen LogP contribution in [0.5, 0.6) is 0 Å². The minimum absolute atomic E-state index is 0.264. The predicted molar refractivity (Wildman–Crippen MR) is 122 cm³/mol. The second-order valence-corrected chi connectivity index (χ2v) is 7.58. The molecule has 6 nitrogen and oxygen atoms in total. The second-order valence-electron chi connectivity index (χ2n) is 7.18. The van der Waals surface area contributed by atoms with E-state index in [-0.39, 0.29) is 6.04 Å². The minimum atomic E-state index is 0.264. The van der Waals surface area contributed by atoms with Crippen molar-refractivity contribution in [3.05, 3.63) is 54.9 Å². The second kappa shape index (κ2) is 6.86. The van der Waals surface area contributed by atoms with Gasteiger partial charge in [-0.05, 0) is 68.5 Å². The van der Waals surface area contributed by atoms with Gasteiger partial charge in [0.25, 0.3) is 0 Å². The van der Waals surface area contributed by atoms with Crippen LogP contribution < -0.4 is 10.6 Å². The van der Waals surface area contributed by atoms with E-state index in [9.17, 15) is 0 Å². The van der Waals surface area contributed by atoms with Crippen LogP contribution in [-0.4, -0.2) is 31.1 Å². The van der Waals surface area contributed by atoms with E-state index in [0.717, 1.165) is 49.6 Å². The van der Waals surface area contributed by atoms with E-state index in [0.29, 0.717) is 5.11 Å². The fourth-order valence-corrected chi connectivity index (χ4v) is 3.86. The van der Waals surface area contributed by atoms with Gasteiger partial charge in [-0.3, -0.25) is 9.97 Å². The fraction of sp³-hybridized carbons (Fsp3) is 0.136.